The topological polar surface area (TPSA) is 54.9 Å². The highest BCUT2D eigenvalue weighted by molar-refractivity contribution is 8.03. The fourth-order valence-corrected chi connectivity index (χ4v) is 4.79. The molecule has 1 aromatic carbocycles. The van der Waals surface area contributed by atoms with E-state index < -0.39 is 0 Å². The molecule has 0 aliphatic rings. The molecule has 0 spiro atoms. The molecule has 118 valence electrons. The summed E-state index contributed by atoms with van der Waals surface area (Å²) >= 11 is 10.5. The van der Waals surface area contributed by atoms with Crippen molar-refractivity contribution in [3.05, 3.63) is 29.3 Å². The van der Waals surface area contributed by atoms with Crippen LogP contribution in [0.3, 0.4) is 0 Å². The molecule has 1 amide bonds. The number of rotatable bonds is 7. The predicted octanol–water partition coefficient (Wildman–Crippen LogP) is 4.81. The molecule has 0 radical (unpaired) electrons. The van der Waals surface area contributed by atoms with E-state index in [9.17, 15) is 4.79 Å². The molecule has 0 aliphatic carbocycles. The highest BCUT2D eigenvalue weighted by Gasteiger charge is 2.17. The van der Waals surface area contributed by atoms with Crippen LogP contribution in [-0.2, 0) is 4.79 Å². The smallest absolute Gasteiger partial charge is 0.237 e. The minimum Gasteiger partial charge on any atom is -0.325 e. The molecule has 0 saturated heterocycles. The van der Waals surface area contributed by atoms with Gasteiger partial charge in [-0.15, -0.1) is 10.2 Å². The fourth-order valence-electron chi connectivity index (χ4n) is 1.51. The standard InChI is InChI=1S/C14H16ClN3OS3/c1-3-7-20-13-17-18-14(22-13)21-9(2)12(19)16-11-6-4-5-10(15)8-11/h4-6,8-9H,3,7H2,1-2H3,(H,16,19)/t9-/m0/s1. The first-order valence-corrected chi connectivity index (χ1v) is 9.84. The second-order valence-corrected chi connectivity index (χ2v) is 8.79. The second kappa shape index (κ2) is 8.76. The number of benzene rings is 1. The van der Waals surface area contributed by atoms with Gasteiger partial charge in [-0.1, -0.05) is 59.5 Å². The molecule has 1 heterocycles. The maximum Gasteiger partial charge on any atom is 0.237 e. The Bertz CT molecular complexity index is 635. The zero-order valence-corrected chi connectivity index (χ0v) is 15.4. The highest BCUT2D eigenvalue weighted by atomic mass is 35.5. The number of aromatic nitrogens is 2. The molecule has 1 atom stereocenters. The minimum absolute atomic E-state index is 0.0785. The molecule has 0 bridgehead atoms. The number of hydrogen-bond acceptors (Lipinski definition) is 6. The van der Waals surface area contributed by atoms with E-state index in [1.807, 2.05) is 13.0 Å². The van der Waals surface area contributed by atoms with Crippen LogP contribution >= 0.6 is 46.5 Å². The summed E-state index contributed by atoms with van der Waals surface area (Å²) < 4.78 is 1.76. The molecule has 2 aromatic rings. The summed E-state index contributed by atoms with van der Waals surface area (Å²) in [5, 5.41) is 11.4. The molecule has 4 nitrogen and oxygen atoms in total. The third-order valence-corrected chi connectivity index (χ3v) is 6.24. The van der Waals surface area contributed by atoms with Gasteiger partial charge in [-0.2, -0.15) is 0 Å². The molecular weight excluding hydrogens is 358 g/mol. The SMILES string of the molecule is CCCSc1nnc(S[C@@H](C)C(=O)Nc2cccc(Cl)c2)s1. The van der Waals surface area contributed by atoms with Crippen LogP contribution in [-0.4, -0.2) is 27.1 Å². The van der Waals surface area contributed by atoms with Crippen molar-refractivity contribution in [3.63, 3.8) is 0 Å². The van der Waals surface area contributed by atoms with Crippen molar-refractivity contribution >= 4 is 58.1 Å². The van der Waals surface area contributed by atoms with Crippen LogP contribution in [0.15, 0.2) is 32.9 Å². The molecule has 1 aromatic heterocycles. The number of thioether (sulfide) groups is 2. The second-order valence-electron chi connectivity index (χ2n) is 4.44. The van der Waals surface area contributed by atoms with Gasteiger partial charge in [-0.25, -0.2) is 0 Å². The van der Waals surface area contributed by atoms with Gasteiger partial charge in [0.15, 0.2) is 8.68 Å². The van der Waals surface area contributed by atoms with E-state index >= 15 is 0 Å². The Kier molecular flexibility index (Phi) is 7.01. The summed E-state index contributed by atoms with van der Waals surface area (Å²) in [4.78, 5) is 12.2. The van der Waals surface area contributed by atoms with Crippen LogP contribution in [0, 0.1) is 0 Å². The Morgan fingerprint density at radius 3 is 2.91 bits per heavy atom. The van der Waals surface area contributed by atoms with Gasteiger partial charge in [-0.05, 0) is 31.5 Å². The van der Waals surface area contributed by atoms with Crippen molar-refractivity contribution in [1.82, 2.24) is 10.2 Å². The number of hydrogen-bond donors (Lipinski definition) is 1. The Morgan fingerprint density at radius 1 is 1.41 bits per heavy atom. The first-order valence-electron chi connectivity index (χ1n) is 6.78. The van der Waals surface area contributed by atoms with Gasteiger partial charge in [0.05, 0.1) is 5.25 Å². The monoisotopic (exact) mass is 373 g/mol. The summed E-state index contributed by atoms with van der Waals surface area (Å²) in [5.41, 5.74) is 0.696. The van der Waals surface area contributed by atoms with E-state index in [0.717, 1.165) is 20.9 Å². The quantitative estimate of drug-likeness (QED) is 0.705. The number of anilines is 1. The molecule has 0 unspecified atom stereocenters. The van der Waals surface area contributed by atoms with E-state index in [4.69, 9.17) is 11.6 Å². The van der Waals surface area contributed by atoms with Gasteiger partial charge in [0.1, 0.15) is 0 Å². The number of carbonyl (C=O) groups is 1. The summed E-state index contributed by atoms with van der Waals surface area (Å²) in [6.07, 6.45) is 1.10. The lowest BCUT2D eigenvalue weighted by Gasteiger charge is -2.10. The van der Waals surface area contributed by atoms with Crippen LogP contribution in [0.25, 0.3) is 0 Å². The number of halogens is 1. The average molecular weight is 374 g/mol. The van der Waals surface area contributed by atoms with Crippen LogP contribution < -0.4 is 5.32 Å². The van der Waals surface area contributed by atoms with Crippen LogP contribution in [0.2, 0.25) is 5.02 Å². The van der Waals surface area contributed by atoms with Crippen molar-refractivity contribution in [1.29, 1.82) is 0 Å². The average Bonchev–Trinajstić information content (AvgIpc) is 2.92. The van der Waals surface area contributed by atoms with Crippen molar-refractivity contribution < 1.29 is 4.79 Å². The molecule has 0 aliphatic heterocycles. The summed E-state index contributed by atoms with van der Waals surface area (Å²) in [5.74, 6) is 0.953. The lowest BCUT2D eigenvalue weighted by atomic mass is 10.3. The zero-order valence-electron chi connectivity index (χ0n) is 12.2. The van der Waals surface area contributed by atoms with Gasteiger partial charge >= 0.3 is 0 Å². The first-order chi connectivity index (χ1) is 10.6. The zero-order chi connectivity index (χ0) is 15.9. The molecular formula is C14H16ClN3OS3. The lowest BCUT2D eigenvalue weighted by Crippen LogP contribution is -2.22. The van der Waals surface area contributed by atoms with Crippen LogP contribution in [0.5, 0.6) is 0 Å². The van der Waals surface area contributed by atoms with Crippen LogP contribution in [0.1, 0.15) is 20.3 Å². The maximum atomic E-state index is 12.2. The molecule has 0 fully saturated rings. The first kappa shape index (κ1) is 17.6. The molecule has 2 rings (SSSR count). The minimum atomic E-state index is -0.254. The van der Waals surface area contributed by atoms with Crippen LogP contribution in [0.4, 0.5) is 5.69 Å². The largest absolute Gasteiger partial charge is 0.325 e. The summed E-state index contributed by atoms with van der Waals surface area (Å²) in [7, 11) is 0. The summed E-state index contributed by atoms with van der Waals surface area (Å²) in [6.45, 7) is 3.98. The molecule has 0 saturated carbocycles. The molecule has 8 heteroatoms. The summed E-state index contributed by atoms with van der Waals surface area (Å²) in [6, 6.07) is 7.11. The number of nitrogens with one attached hydrogen (secondary N) is 1. The van der Waals surface area contributed by atoms with Crippen molar-refractivity contribution in [2.45, 2.75) is 34.2 Å². The Balaban J connectivity index is 1.89. The predicted molar refractivity (Wildman–Crippen MR) is 96.3 cm³/mol. The fraction of sp³-hybridized carbons (Fsp3) is 0.357. The highest BCUT2D eigenvalue weighted by Crippen LogP contribution is 2.31. The van der Waals surface area contributed by atoms with Gasteiger partial charge in [0, 0.05) is 16.5 Å². The van der Waals surface area contributed by atoms with Gasteiger partial charge < -0.3 is 5.32 Å². The van der Waals surface area contributed by atoms with E-state index in [0.29, 0.717) is 10.7 Å². The van der Waals surface area contributed by atoms with E-state index in [1.165, 1.54) is 23.1 Å². The normalized spacial score (nSPS) is 12.1. The van der Waals surface area contributed by atoms with Gasteiger partial charge in [0.25, 0.3) is 0 Å². The Hall–Kier alpha value is -0.760. The Labute approximate surface area is 147 Å². The maximum absolute atomic E-state index is 12.2. The van der Waals surface area contributed by atoms with Crippen molar-refractivity contribution in [2.24, 2.45) is 0 Å². The third-order valence-electron chi connectivity index (χ3n) is 2.56. The van der Waals surface area contributed by atoms with E-state index in [-0.39, 0.29) is 11.2 Å². The van der Waals surface area contributed by atoms with E-state index in [2.05, 4.69) is 22.4 Å². The van der Waals surface area contributed by atoms with Crippen molar-refractivity contribution in [2.75, 3.05) is 11.1 Å². The molecule has 22 heavy (non-hydrogen) atoms. The number of nitrogens with zero attached hydrogens (tertiary/aromatic N) is 2. The Morgan fingerprint density at radius 2 is 2.18 bits per heavy atom. The molecule has 1 N–H and O–H groups in total. The van der Waals surface area contributed by atoms with E-state index in [1.54, 1.807) is 30.0 Å². The number of amides is 1. The number of carbonyl (C=O) groups excluding carboxylic acids is 1. The van der Waals surface area contributed by atoms with Gasteiger partial charge in [-0.3, -0.25) is 4.79 Å². The van der Waals surface area contributed by atoms with Gasteiger partial charge in [0.2, 0.25) is 5.91 Å². The third kappa shape index (κ3) is 5.46. The lowest BCUT2D eigenvalue weighted by molar-refractivity contribution is -0.115. The van der Waals surface area contributed by atoms with Crippen molar-refractivity contribution in [3.8, 4) is 0 Å².